The first kappa shape index (κ1) is 20.8. The molecule has 158 valence electrons. The van der Waals surface area contributed by atoms with Crippen LogP contribution in [-0.4, -0.2) is 31.8 Å². The zero-order valence-corrected chi connectivity index (χ0v) is 18.0. The van der Waals surface area contributed by atoms with Crippen molar-refractivity contribution in [3.63, 3.8) is 0 Å². The molecule has 0 N–H and O–H groups in total. The number of nitrogens with zero attached hydrogens (tertiary/aromatic N) is 1. The highest BCUT2D eigenvalue weighted by Gasteiger charge is 2.34. The third kappa shape index (κ3) is 4.19. The second-order valence-corrected chi connectivity index (χ2v) is 10.4. The van der Waals surface area contributed by atoms with Crippen LogP contribution in [0.3, 0.4) is 0 Å². The quantitative estimate of drug-likeness (QED) is 0.440. The Bertz CT molecular complexity index is 1230. The number of aryl methyl sites for hydroxylation is 1. The van der Waals surface area contributed by atoms with E-state index in [-0.39, 0.29) is 17.4 Å². The number of hydrogen-bond donors (Lipinski definition) is 0. The molecule has 1 aliphatic rings. The summed E-state index contributed by atoms with van der Waals surface area (Å²) in [7, 11) is -3.60. The van der Waals surface area contributed by atoms with Crippen LogP contribution in [0.2, 0.25) is 0 Å². The zero-order valence-electron chi connectivity index (χ0n) is 16.4. The minimum absolute atomic E-state index is 0.0713. The van der Waals surface area contributed by atoms with Crippen LogP contribution in [-0.2, 0) is 26.2 Å². The normalized spacial score (nSPS) is 17.8. The summed E-state index contributed by atoms with van der Waals surface area (Å²) >= 11 is 1.16. The highest BCUT2D eigenvalue weighted by molar-refractivity contribution is 7.91. The maximum atomic E-state index is 12.7. The van der Waals surface area contributed by atoms with E-state index < -0.39 is 27.5 Å². The molecular formula is C21H21NO6S2. The summed E-state index contributed by atoms with van der Waals surface area (Å²) in [6, 6.07) is 10.1. The molecule has 0 bridgehead atoms. The van der Waals surface area contributed by atoms with Crippen LogP contribution in [0.1, 0.15) is 24.0 Å². The predicted molar refractivity (Wildman–Crippen MR) is 113 cm³/mol. The molecule has 9 heteroatoms. The lowest BCUT2D eigenvalue weighted by Crippen LogP contribution is -2.42. The number of rotatable bonds is 5. The van der Waals surface area contributed by atoms with Gasteiger partial charge in [-0.3, -0.25) is 4.79 Å². The van der Waals surface area contributed by atoms with Gasteiger partial charge in [0.1, 0.15) is 16.4 Å². The number of sulfonamides is 1. The van der Waals surface area contributed by atoms with Gasteiger partial charge in [-0.15, -0.1) is 11.3 Å². The van der Waals surface area contributed by atoms with E-state index in [4.69, 9.17) is 9.15 Å². The van der Waals surface area contributed by atoms with E-state index in [1.165, 1.54) is 10.4 Å². The molecule has 0 spiro atoms. The third-order valence-corrected chi connectivity index (χ3v) is 8.40. The van der Waals surface area contributed by atoms with Gasteiger partial charge in [0.15, 0.2) is 0 Å². The average molecular weight is 448 g/mol. The number of carbonyl (C=O) groups is 1. The number of fused-ring (bicyclic) bond motifs is 1. The van der Waals surface area contributed by atoms with Crippen molar-refractivity contribution in [1.82, 2.24) is 4.31 Å². The fourth-order valence-electron chi connectivity index (χ4n) is 3.61. The van der Waals surface area contributed by atoms with Gasteiger partial charge < -0.3 is 9.15 Å². The number of benzene rings is 1. The molecular weight excluding hydrogens is 426 g/mol. The Balaban J connectivity index is 1.47. The van der Waals surface area contributed by atoms with E-state index in [0.717, 1.165) is 16.9 Å². The summed E-state index contributed by atoms with van der Waals surface area (Å²) in [6.45, 7) is 2.30. The van der Waals surface area contributed by atoms with Gasteiger partial charge in [-0.1, -0.05) is 18.2 Å². The van der Waals surface area contributed by atoms with Crippen LogP contribution in [0, 0.1) is 12.8 Å². The molecule has 1 fully saturated rings. The average Bonchev–Trinajstić information content (AvgIpc) is 3.27. The molecule has 1 aromatic carbocycles. The fraction of sp³-hybridized carbons (Fsp3) is 0.333. The monoisotopic (exact) mass is 447 g/mol. The van der Waals surface area contributed by atoms with Gasteiger partial charge >= 0.3 is 11.6 Å². The van der Waals surface area contributed by atoms with Gasteiger partial charge in [-0.2, -0.15) is 4.31 Å². The van der Waals surface area contributed by atoms with Crippen molar-refractivity contribution in [3.05, 3.63) is 63.3 Å². The number of thiophene rings is 1. The third-order valence-electron chi connectivity index (χ3n) is 5.16. The second kappa shape index (κ2) is 8.33. The van der Waals surface area contributed by atoms with E-state index in [9.17, 15) is 18.0 Å². The molecule has 2 aromatic heterocycles. The van der Waals surface area contributed by atoms with E-state index in [2.05, 4.69) is 0 Å². The highest BCUT2D eigenvalue weighted by atomic mass is 32.2. The van der Waals surface area contributed by atoms with Gasteiger partial charge in [0.05, 0.1) is 5.92 Å². The largest absolute Gasteiger partial charge is 0.461 e. The molecule has 4 rings (SSSR count). The molecule has 1 unspecified atom stereocenters. The maximum absolute atomic E-state index is 12.7. The SMILES string of the molecule is Cc1ccc2c(COC(=O)C3CCCN(S(=O)(=O)c4cccs4)C3)cc(=O)oc2c1. The Morgan fingerprint density at radius 2 is 2.13 bits per heavy atom. The van der Waals surface area contributed by atoms with Crippen molar-refractivity contribution in [2.75, 3.05) is 13.1 Å². The number of carbonyl (C=O) groups excluding carboxylic acids is 1. The van der Waals surface area contributed by atoms with Crippen molar-refractivity contribution in [2.24, 2.45) is 5.92 Å². The van der Waals surface area contributed by atoms with Gasteiger partial charge in [0, 0.05) is 30.1 Å². The summed E-state index contributed by atoms with van der Waals surface area (Å²) in [6.07, 6.45) is 1.15. The first-order valence-corrected chi connectivity index (χ1v) is 11.9. The molecule has 0 radical (unpaired) electrons. The molecule has 0 aliphatic carbocycles. The van der Waals surface area contributed by atoms with Gasteiger partial charge in [0.25, 0.3) is 10.0 Å². The molecule has 0 saturated carbocycles. The Morgan fingerprint density at radius 1 is 1.30 bits per heavy atom. The minimum Gasteiger partial charge on any atom is -0.461 e. The zero-order chi connectivity index (χ0) is 21.3. The molecule has 1 aliphatic heterocycles. The van der Waals surface area contributed by atoms with Crippen LogP contribution >= 0.6 is 11.3 Å². The maximum Gasteiger partial charge on any atom is 0.336 e. The van der Waals surface area contributed by atoms with Crippen LogP contribution in [0.25, 0.3) is 11.0 Å². The van der Waals surface area contributed by atoms with Crippen molar-refractivity contribution in [1.29, 1.82) is 0 Å². The summed E-state index contributed by atoms with van der Waals surface area (Å²) in [5, 5.41) is 2.42. The molecule has 1 atom stereocenters. The standard InChI is InChI=1S/C21H21NO6S2/c1-14-6-7-17-16(11-19(23)28-18(17)10-14)13-27-21(24)15-4-2-8-22(12-15)30(25,26)20-5-3-9-29-20/h3,5-7,9-11,15H,2,4,8,12-13H2,1H3. The summed E-state index contributed by atoms with van der Waals surface area (Å²) in [5.74, 6) is -1.00. The van der Waals surface area contributed by atoms with Crippen LogP contribution in [0.5, 0.6) is 0 Å². The number of esters is 1. The Hall–Kier alpha value is -2.49. The van der Waals surface area contributed by atoms with Crippen molar-refractivity contribution < 1.29 is 22.4 Å². The van der Waals surface area contributed by atoms with Gasteiger partial charge in [0.2, 0.25) is 0 Å². The smallest absolute Gasteiger partial charge is 0.336 e. The Kier molecular flexibility index (Phi) is 5.77. The molecule has 3 aromatic rings. The second-order valence-electron chi connectivity index (χ2n) is 7.33. The topological polar surface area (TPSA) is 93.9 Å². The summed E-state index contributed by atoms with van der Waals surface area (Å²) < 4.78 is 37.8. The van der Waals surface area contributed by atoms with Crippen molar-refractivity contribution >= 4 is 38.3 Å². The van der Waals surface area contributed by atoms with Crippen molar-refractivity contribution in [3.8, 4) is 0 Å². The van der Waals surface area contributed by atoms with E-state index in [0.29, 0.717) is 35.9 Å². The van der Waals surface area contributed by atoms with E-state index >= 15 is 0 Å². The van der Waals surface area contributed by atoms with Gasteiger partial charge in [-0.25, -0.2) is 13.2 Å². The van der Waals surface area contributed by atoms with Crippen molar-refractivity contribution in [2.45, 2.75) is 30.6 Å². The molecule has 30 heavy (non-hydrogen) atoms. The van der Waals surface area contributed by atoms with E-state index in [1.54, 1.807) is 23.6 Å². The number of piperidine rings is 1. The summed E-state index contributed by atoms with van der Waals surface area (Å²) in [4.78, 5) is 24.5. The molecule has 0 amide bonds. The summed E-state index contributed by atoms with van der Waals surface area (Å²) in [5.41, 5.74) is 1.45. The minimum atomic E-state index is -3.60. The lowest BCUT2D eigenvalue weighted by Gasteiger charge is -2.30. The lowest BCUT2D eigenvalue weighted by atomic mass is 10.00. The molecule has 1 saturated heterocycles. The lowest BCUT2D eigenvalue weighted by molar-refractivity contribution is -0.151. The van der Waals surface area contributed by atoms with Crippen LogP contribution in [0.4, 0.5) is 0 Å². The molecule has 7 nitrogen and oxygen atoms in total. The first-order chi connectivity index (χ1) is 14.3. The predicted octanol–water partition coefficient (Wildman–Crippen LogP) is 3.31. The Morgan fingerprint density at radius 3 is 2.90 bits per heavy atom. The first-order valence-electron chi connectivity index (χ1n) is 9.58. The molecule has 3 heterocycles. The fourth-order valence-corrected chi connectivity index (χ4v) is 6.28. The Labute approximate surface area is 177 Å². The highest BCUT2D eigenvalue weighted by Crippen LogP contribution is 2.27. The number of ether oxygens (including phenoxy) is 1. The number of hydrogen-bond acceptors (Lipinski definition) is 7. The van der Waals surface area contributed by atoms with Crippen LogP contribution < -0.4 is 5.63 Å². The van der Waals surface area contributed by atoms with E-state index in [1.807, 2.05) is 19.1 Å². The van der Waals surface area contributed by atoms with Gasteiger partial charge in [-0.05, 0) is 42.8 Å². The van der Waals surface area contributed by atoms with Crippen LogP contribution in [0.15, 0.2) is 55.2 Å².